The molecule has 2 N–H and O–H groups in total. The molecule has 1 aliphatic heterocycles. The summed E-state index contributed by atoms with van der Waals surface area (Å²) in [6.45, 7) is 3.33. The Kier molecular flexibility index (Phi) is 3.53. The van der Waals surface area contributed by atoms with Gasteiger partial charge >= 0.3 is 0 Å². The van der Waals surface area contributed by atoms with Crippen LogP contribution in [-0.4, -0.2) is 31.2 Å². The number of carbonyl (C=O) groups is 1. The third-order valence-corrected chi connectivity index (χ3v) is 3.96. The lowest BCUT2D eigenvalue weighted by Gasteiger charge is -2.29. The number of rotatable bonds is 2. The van der Waals surface area contributed by atoms with Crippen LogP contribution in [0.4, 0.5) is 5.69 Å². The maximum absolute atomic E-state index is 12.2. The van der Waals surface area contributed by atoms with Crippen LogP contribution >= 0.6 is 0 Å². The molecule has 1 amide bonds. The summed E-state index contributed by atoms with van der Waals surface area (Å²) < 4.78 is 5.50. The quantitative estimate of drug-likeness (QED) is 0.847. The highest BCUT2D eigenvalue weighted by Crippen LogP contribution is 2.25. The van der Waals surface area contributed by atoms with E-state index in [1.807, 2.05) is 13.0 Å². The van der Waals surface area contributed by atoms with Crippen molar-refractivity contribution in [2.75, 3.05) is 18.5 Å². The Labute approximate surface area is 113 Å². The van der Waals surface area contributed by atoms with Crippen molar-refractivity contribution in [1.82, 2.24) is 5.32 Å². The molecular formula is C15H20N2O2. The lowest BCUT2D eigenvalue weighted by molar-refractivity contribution is -0.123. The Morgan fingerprint density at radius 3 is 3.05 bits per heavy atom. The van der Waals surface area contributed by atoms with Gasteiger partial charge < -0.3 is 15.4 Å². The number of morpholine rings is 1. The first-order chi connectivity index (χ1) is 9.24. The second-order valence-corrected chi connectivity index (χ2v) is 5.33. The first-order valence-electron chi connectivity index (χ1n) is 7.02. The summed E-state index contributed by atoms with van der Waals surface area (Å²) in [5, 5.41) is 6.19. The molecule has 0 aromatic heterocycles. The van der Waals surface area contributed by atoms with Crippen LogP contribution in [0.25, 0.3) is 0 Å². The molecule has 4 heteroatoms. The molecule has 0 spiro atoms. The summed E-state index contributed by atoms with van der Waals surface area (Å²) in [6, 6.07) is 5.97. The van der Waals surface area contributed by atoms with Crippen LogP contribution in [0.5, 0.6) is 0 Å². The molecule has 0 unspecified atom stereocenters. The largest absolute Gasteiger partial charge is 0.375 e. The number of aryl methyl sites for hydroxylation is 2. The van der Waals surface area contributed by atoms with Crippen molar-refractivity contribution >= 4 is 11.6 Å². The lowest BCUT2D eigenvalue weighted by Crippen LogP contribution is -2.53. The van der Waals surface area contributed by atoms with Crippen molar-refractivity contribution in [3.8, 4) is 0 Å². The van der Waals surface area contributed by atoms with E-state index in [0.29, 0.717) is 6.61 Å². The zero-order valence-electron chi connectivity index (χ0n) is 11.2. The van der Waals surface area contributed by atoms with Crippen LogP contribution < -0.4 is 10.6 Å². The summed E-state index contributed by atoms with van der Waals surface area (Å²) in [5.74, 6) is -0.00912. The average Bonchev–Trinajstić information content (AvgIpc) is 2.86. The number of nitrogens with one attached hydrogen (secondary N) is 2. The molecule has 0 radical (unpaired) electrons. The maximum Gasteiger partial charge on any atom is 0.244 e. The second kappa shape index (κ2) is 5.31. The third-order valence-electron chi connectivity index (χ3n) is 3.96. The van der Waals surface area contributed by atoms with Crippen LogP contribution in [0.2, 0.25) is 0 Å². The molecule has 0 bridgehead atoms. The van der Waals surface area contributed by atoms with E-state index in [1.54, 1.807) is 0 Å². The van der Waals surface area contributed by atoms with Gasteiger partial charge in [-0.15, -0.1) is 0 Å². The van der Waals surface area contributed by atoms with Gasteiger partial charge in [0.15, 0.2) is 0 Å². The predicted molar refractivity (Wildman–Crippen MR) is 74.3 cm³/mol. The van der Waals surface area contributed by atoms with Crippen molar-refractivity contribution in [3.63, 3.8) is 0 Å². The lowest BCUT2D eigenvalue weighted by atomic mass is 10.1. The molecule has 4 nitrogen and oxygen atoms in total. The van der Waals surface area contributed by atoms with E-state index in [-0.39, 0.29) is 18.1 Å². The van der Waals surface area contributed by atoms with Gasteiger partial charge in [-0.05, 0) is 49.4 Å². The number of anilines is 1. The minimum atomic E-state index is -0.262. The van der Waals surface area contributed by atoms with E-state index in [4.69, 9.17) is 4.74 Å². The number of ether oxygens (including phenoxy) is 1. The van der Waals surface area contributed by atoms with Gasteiger partial charge in [0.05, 0.1) is 12.7 Å². The SMILES string of the molecule is C[C@H]1OCCN[C@@H]1C(=O)Nc1ccc2c(c1)CCC2. The van der Waals surface area contributed by atoms with E-state index in [1.165, 1.54) is 24.0 Å². The Balaban J connectivity index is 1.69. The average molecular weight is 260 g/mol. The van der Waals surface area contributed by atoms with Gasteiger partial charge in [-0.25, -0.2) is 0 Å². The number of hydrogen-bond donors (Lipinski definition) is 2. The fourth-order valence-electron chi connectivity index (χ4n) is 2.90. The van der Waals surface area contributed by atoms with Crippen LogP contribution in [0.3, 0.4) is 0 Å². The summed E-state index contributed by atoms with van der Waals surface area (Å²) in [6.07, 6.45) is 3.43. The summed E-state index contributed by atoms with van der Waals surface area (Å²) in [5.41, 5.74) is 3.69. The Morgan fingerprint density at radius 2 is 2.21 bits per heavy atom. The van der Waals surface area contributed by atoms with Gasteiger partial charge in [-0.2, -0.15) is 0 Å². The van der Waals surface area contributed by atoms with E-state index < -0.39 is 0 Å². The predicted octanol–water partition coefficient (Wildman–Crippen LogP) is 1.49. The van der Waals surface area contributed by atoms with Gasteiger partial charge in [0.25, 0.3) is 0 Å². The fraction of sp³-hybridized carbons (Fsp3) is 0.533. The standard InChI is InChI=1S/C15H20N2O2/c1-10-14(16-7-8-19-10)15(18)17-13-6-5-11-3-2-4-12(11)9-13/h5-6,9-10,14,16H,2-4,7-8H2,1H3,(H,17,18)/t10-,14+/m1/s1. The van der Waals surface area contributed by atoms with Gasteiger partial charge in [0.2, 0.25) is 5.91 Å². The molecule has 1 heterocycles. The number of hydrogen-bond acceptors (Lipinski definition) is 3. The Morgan fingerprint density at radius 1 is 1.37 bits per heavy atom. The van der Waals surface area contributed by atoms with Crippen molar-refractivity contribution in [2.45, 2.75) is 38.3 Å². The number of benzene rings is 1. The van der Waals surface area contributed by atoms with Gasteiger partial charge in [-0.3, -0.25) is 4.79 Å². The minimum Gasteiger partial charge on any atom is -0.375 e. The maximum atomic E-state index is 12.2. The number of fused-ring (bicyclic) bond motifs is 1. The Bertz CT molecular complexity index is 487. The van der Waals surface area contributed by atoms with Gasteiger partial charge in [0.1, 0.15) is 6.04 Å². The van der Waals surface area contributed by atoms with Crippen LogP contribution in [0, 0.1) is 0 Å². The van der Waals surface area contributed by atoms with Crippen LogP contribution in [0.1, 0.15) is 24.5 Å². The van der Waals surface area contributed by atoms with Gasteiger partial charge in [0, 0.05) is 12.2 Å². The molecule has 1 saturated heterocycles. The summed E-state index contributed by atoms with van der Waals surface area (Å²) in [4.78, 5) is 12.2. The Hall–Kier alpha value is -1.39. The van der Waals surface area contributed by atoms with Crippen molar-refractivity contribution < 1.29 is 9.53 Å². The van der Waals surface area contributed by atoms with E-state index in [0.717, 1.165) is 18.7 Å². The second-order valence-electron chi connectivity index (χ2n) is 5.33. The molecule has 1 aromatic rings. The minimum absolute atomic E-state index is 0.00912. The zero-order valence-corrected chi connectivity index (χ0v) is 11.2. The molecule has 1 fully saturated rings. The van der Waals surface area contributed by atoms with E-state index in [9.17, 15) is 4.79 Å². The van der Waals surface area contributed by atoms with Crippen molar-refractivity contribution in [2.24, 2.45) is 0 Å². The highest BCUT2D eigenvalue weighted by molar-refractivity contribution is 5.95. The molecular weight excluding hydrogens is 240 g/mol. The molecule has 1 aromatic carbocycles. The zero-order chi connectivity index (χ0) is 13.2. The fourth-order valence-corrected chi connectivity index (χ4v) is 2.90. The first kappa shape index (κ1) is 12.6. The number of amides is 1. The van der Waals surface area contributed by atoms with Gasteiger partial charge in [-0.1, -0.05) is 6.07 Å². The van der Waals surface area contributed by atoms with Crippen molar-refractivity contribution in [3.05, 3.63) is 29.3 Å². The molecule has 2 atom stereocenters. The molecule has 2 aliphatic rings. The summed E-state index contributed by atoms with van der Waals surface area (Å²) >= 11 is 0. The highest BCUT2D eigenvalue weighted by Gasteiger charge is 2.28. The number of carbonyl (C=O) groups excluding carboxylic acids is 1. The molecule has 3 rings (SSSR count). The monoisotopic (exact) mass is 260 g/mol. The molecule has 1 aliphatic carbocycles. The molecule has 102 valence electrons. The topological polar surface area (TPSA) is 50.4 Å². The molecule has 19 heavy (non-hydrogen) atoms. The smallest absolute Gasteiger partial charge is 0.244 e. The normalized spacial score (nSPS) is 25.9. The van der Waals surface area contributed by atoms with Crippen molar-refractivity contribution in [1.29, 1.82) is 0 Å². The van der Waals surface area contributed by atoms with Crippen LogP contribution in [0.15, 0.2) is 18.2 Å². The van der Waals surface area contributed by atoms with E-state index in [2.05, 4.69) is 22.8 Å². The third kappa shape index (κ3) is 2.65. The first-order valence-corrected chi connectivity index (χ1v) is 7.02. The molecule has 0 saturated carbocycles. The summed E-state index contributed by atoms with van der Waals surface area (Å²) in [7, 11) is 0. The van der Waals surface area contributed by atoms with Crippen LogP contribution in [-0.2, 0) is 22.4 Å². The highest BCUT2D eigenvalue weighted by atomic mass is 16.5. The van der Waals surface area contributed by atoms with E-state index >= 15 is 0 Å².